The van der Waals surface area contributed by atoms with E-state index in [0.717, 1.165) is 56.9 Å². The van der Waals surface area contributed by atoms with Crippen LogP contribution < -0.4 is 10.7 Å². The lowest BCUT2D eigenvalue weighted by atomic mass is 9.93. The summed E-state index contributed by atoms with van der Waals surface area (Å²) in [5.41, 5.74) is 10.3. The van der Waals surface area contributed by atoms with Gasteiger partial charge >= 0.3 is 11.9 Å². The average molecular weight is 589 g/mol. The number of hydrogen-bond donors (Lipinski definition) is 3. The Morgan fingerprint density at radius 3 is 2.39 bits per heavy atom. The standard InChI is InChI=1S/C35H32N4O5/c1-8-19-15(3)22-12-24-17(5)21(10-11-28(40)41)32(38-24)30-31(35(43)44-7)34(42)29-18(6)25(39-33(29)30)14-27-20(9-2)16(4)23(37-27)13-26(19)36-22/h8,10-14,31,36,42H,1,9H2,2-7H3,(H,40,41). The van der Waals surface area contributed by atoms with Gasteiger partial charge in [0.25, 0.3) is 0 Å². The van der Waals surface area contributed by atoms with Crippen LogP contribution in [0.4, 0.5) is 0 Å². The fourth-order valence-corrected chi connectivity index (χ4v) is 6.42. The van der Waals surface area contributed by atoms with Gasteiger partial charge in [-0.3, -0.25) is 4.79 Å². The Morgan fingerprint density at radius 1 is 1.02 bits per heavy atom. The first-order valence-corrected chi connectivity index (χ1v) is 14.3. The van der Waals surface area contributed by atoms with Crippen molar-refractivity contribution in [3.63, 3.8) is 0 Å². The molecular formula is C35H32N4O5. The first kappa shape index (κ1) is 28.8. The highest BCUT2D eigenvalue weighted by Crippen LogP contribution is 2.47. The Balaban J connectivity index is 1.77. The number of rotatable bonds is 5. The van der Waals surface area contributed by atoms with E-state index < -0.39 is 17.9 Å². The summed E-state index contributed by atoms with van der Waals surface area (Å²) >= 11 is 0. The largest absolute Gasteiger partial charge is 0.510 e. The first-order valence-electron chi connectivity index (χ1n) is 14.3. The van der Waals surface area contributed by atoms with Crippen LogP contribution in [0.25, 0.3) is 18.2 Å². The van der Waals surface area contributed by atoms with Crippen LogP contribution in [0.15, 0.2) is 102 Å². The van der Waals surface area contributed by atoms with Gasteiger partial charge in [0.2, 0.25) is 0 Å². The molecule has 5 aliphatic rings. The zero-order chi connectivity index (χ0) is 31.6. The molecule has 3 N–H and O–H groups in total. The molecule has 0 radical (unpaired) electrons. The number of nitrogens with one attached hydrogen (secondary N) is 1. The van der Waals surface area contributed by atoms with Gasteiger partial charge in [-0.15, -0.1) is 0 Å². The van der Waals surface area contributed by atoms with Crippen LogP contribution in [-0.4, -0.2) is 51.4 Å². The van der Waals surface area contributed by atoms with Gasteiger partial charge < -0.3 is 19.9 Å². The van der Waals surface area contributed by atoms with E-state index in [0.29, 0.717) is 50.7 Å². The lowest BCUT2D eigenvalue weighted by Gasteiger charge is -2.14. The third-order valence-corrected chi connectivity index (χ3v) is 8.81. The highest BCUT2D eigenvalue weighted by Gasteiger charge is 2.47. The van der Waals surface area contributed by atoms with Crippen molar-refractivity contribution in [2.24, 2.45) is 20.9 Å². The minimum absolute atomic E-state index is 0.177. The fraction of sp³-hybridized carbons (Fsp3) is 0.229. The lowest BCUT2D eigenvalue weighted by molar-refractivity contribution is -0.143. The number of methoxy groups -OCH3 is 1. The molecule has 1 unspecified atom stereocenters. The second-order valence-electron chi connectivity index (χ2n) is 11.1. The normalized spacial score (nSPS) is 20.7. The average Bonchev–Trinajstić information content (AvgIpc) is 3.72. The van der Waals surface area contributed by atoms with E-state index in [9.17, 15) is 19.8 Å². The van der Waals surface area contributed by atoms with Crippen LogP contribution in [0.1, 0.15) is 45.2 Å². The number of nitrogens with zero attached hydrogens (tertiary/aromatic N) is 3. The number of ether oxygens (including phenoxy) is 1. The molecular weight excluding hydrogens is 556 g/mol. The predicted octanol–water partition coefficient (Wildman–Crippen LogP) is 4.62. The third kappa shape index (κ3) is 4.18. The number of carboxylic acid groups (broad SMARTS) is 1. The van der Waals surface area contributed by atoms with Crippen molar-refractivity contribution in [2.45, 2.75) is 41.0 Å². The van der Waals surface area contributed by atoms with Crippen LogP contribution in [-0.2, 0) is 14.3 Å². The molecule has 0 saturated carbocycles. The Hall–Kier alpha value is -5.31. The number of aliphatic hydroxyl groups excluding tert-OH is 1. The van der Waals surface area contributed by atoms with Crippen LogP contribution in [0.3, 0.4) is 0 Å². The van der Waals surface area contributed by atoms with Crippen molar-refractivity contribution in [3.05, 3.63) is 108 Å². The Kier molecular flexibility index (Phi) is 6.84. The van der Waals surface area contributed by atoms with Gasteiger partial charge in [0.1, 0.15) is 11.7 Å². The van der Waals surface area contributed by atoms with E-state index in [1.54, 1.807) is 6.08 Å². The quantitative estimate of drug-likeness (QED) is 0.341. The summed E-state index contributed by atoms with van der Waals surface area (Å²) in [5, 5.41) is 22.7. The van der Waals surface area contributed by atoms with Crippen molar-refractivity contribution in [1.29, 1.82) is 0 Å². The minimum Gasteiger partial charge on any atom is -0.510 e. The topological polar surface area (TPSA) is 137 Å². The lowest BCUT2D eigenvalue weighted by Crippen LogP contribution is -2.20. The van der Waals surface area contributed by atoms with Gasteiger partial charge in [0.15, 0.2) is 0 Å². The van der Waals surface area contributed by atoms with E-state index in [1.165, 1.54) is 13.2 Å². The molecule has 44 heavy (non-hydrogen) atoms. The predicted molar refractivity (Wildman–Crippen MR) is 172 cm³/mol. The summed E-state index contributed by atoms with van der Waals surface area (Å²) in [6.07, 6.45) is 10.9. The molecule has 0 saturated heterocycles. The van der Waals surface area contributed by atoms with Crippen molar-refractivity contribution in [3.8, 4) is 0 Å². The first-order chi connectivity index (χ1) is 21.0. The second kappa shape index (κ2) is 10.4. The number of hydrogen-bond acceptors (Lipinski definition) is 7. The molecule has 0 fully saturated rings. The maximum absolute atomic E-state index is 13.2. The fourth-order valence-electron chi connectivity index (χ4n) is 6.42. The number of aliphatic imine (C=N–C) groups is 3. The van der Waals surface area contributed by atoms with E-state index in [2.05, 4.69) is 25.4 Å². The number of aliphatic carboxylic acids is 1. The number of aromatic nitrogens is 1. The monoisotopic (exact) mass is 588 g/mol. The second-order valence-corrected chi connectivity index (χ2v) is 11.1. The molecule has 222 valence electrons. The van der Waals surface area contributed by atoms with Crippen LogP contribution >= 0.6 is 0 Å². The summed E-state index contributed by atoms with van der Waals surface area (Å²) < 4.78 is 5.12. The zero-order valence-corrected chi connectivity index (χ0v) is 25.4. The van der Waals surface area contributed by atoms with E-state index in [-0.39, 0.29) is 5.76 Å². The number of carbonyl (C=O) groups is 2. The Morgan fingerprint density at radius 2 is 1.73 bits per heavy atom. The summed E-state index contributed by atoms with van der Waals surface area (Å²) in [4.78, 5) is 43.2. The number of aromatic amines is 1. The molecule has 0 spiro atoms. The SMILES string of the molecule is C=Cc1c(C)c2[nH]c1=CC1=NC(=CC3=C(C)C4=C(O)C(C(=O)OC)C(=C5N=C(C=2)C(C)=C5C=CC(=O)O)C4=N3)C(CC)=C1C. The molecule has 9 heteroatoms. The number of H-pyrrole nitrogens is 1. The summed E-state index contributed by atoms with van der Waals surface area (Å²) in [5.74, 6) is -3.16. The van der Waals surface area contributed by atoms with Gasteiger partial charge in [-0.25, -0.2) is 19.8 Å². The Labute approximate surface area is 254 Å². The molecule has 5 heterocycles. The van der Waals surface area contributed by atoms with Gasteiger partial charge in [-0.05, 0) is 86.3 Å². The molecule has 1 aromatic rings. The van der Waals surface area contributed by atoms with Gasteiger partial charge in [-0.1, -0.05) is 19.6 Å². The van der Waals surface area contributed by atoms with Crippen molar-refractivity contribution >= 4 is 47.3 Å². The molecule has 1 aliphatic carbocycles. The number of fused-ring (bicyclic) bond motifs is 5. The number of allylic oxidation sites excluding steroid dienone is 7. The summed E-state index contributed by atoms with van der Waals surface area (Å²) in [7, 11) is 1.26. The summed E-state index contributed by atoms with van der Waals surface area (Å²) in [6.45, 7) is 13.9. The van der Waals surface area contributed by atoms with Crippen LogP contribution in [0.5, 0.6) is 0 Å². The molecule has 0 amide bonds. The van der Waals surface area contributed by atoms with Gasteiger partial charge in [0, 0.05) is 39.1 Å². The Bertz CT molecular complexity index is 2080. The minimum atomic E-state index is -1.18. The molecule has 6 rings (SSSR count). The number of carbonyl (C=O) groups excluding carboxylic acids is 1. The van der Waals surface area contributed by atoms with Crippen LogP contribution in [0, 0.1) is 12.8 Å². The maximum atomic E-state index is 13.2. The van der Waals surface area contributed by atoms with Gasteiger partial charge in [-0.2, -0.15) is 0 Å². The van der Waals surface area contributed by atoms with Crippen molar-refractivity contribution in [1.82, 2.24) is 4.98 Å². The number of esters is 1. The molecule has 0 aromatic carbocycles. The highest BCUT2D eigenvalue weighted by atomic mass is 16.5. The zero-order valence-electron chi connectivity index (χ0n) is 25.4. The third-order valence-electron chi connectivity index (χ3n) is 8.81. The molecule has 9 nitrogen and oxygen atoms in total. The molecule has 4 aliphatic heterocycles. The number of carboxylic acids is 1. The highest BCUT2D eigenvalue weighted by molar-refractivity contribution is 6.28. The van der Waals surface area contributed by atoms with Gasteiger partial charge in [0.05, 0.1) is 41.3 Å². The number of aliphatic hydroxyl groups is 1. The molecule has 8 bridgehead atoms. The smallest absolute Gasteiger partial charge is 0.328 e. The molecule has 1 atom stereocenters. The maximum Gasteiger partial charge on any atom is 0.328 e. The van der Waals surface area contributed by atoms with Crippen molar-refractivity contribution < 1.29 is 24.5 Å². The molecule has 1 aromatic heterocycles. The van der Waals surface area contributed by atoms with E-state index >= 15 is 0 Å². The summed E-state index contributed by atoms with van der Waals surface area (Å²) in [6, 6.07) is 0. The van der Waals surface area contributed by atoms with E-state index in [4.69, 9.17) is 19.7 Å². The van der Waals surface area contributed by atoms with E-state index in [1.807, 2.05) is 39.0 Å². The van der Waals surface area contributed by atoms with Crippen molar-refractivity contribution in [2.75, 3.05) is 7.11 Å². The van der Waals surface area contributed by atoms with Crippen LogP contribution in [0.2, 0.25) is 0 Å².